The topological polar surface area (TPSA) is 47.1 Å². The van der Waals surface area contributed by atoms with Crippen LogP contribution in [0.15, 0.2) is 34.3 Å². The van der Waals surface area contributed by atoms with Crippen molar-refractivity contribution in [1.29, 1.82) is 0 Å². The molecule has 2 aliphatic heterocycles. The average molecular weight is 433 g/mol. The molecule has 0 aliphatic carbocycles. The van der Waals surface area contributed by atoms with Gasteiger partial charge in [-0.25, -0.2) is 0 Å². The lowest BCUT2D eigenvalue weighted by molar-refractivity contribution is -0.140. The van der Waals surface area contributed by atoms with E-state index in [-0.39, 0.29) is 17.9 Å². The Balaban J connectivity index is 1.39. The second-order valence-corrected chi connectivity index (χ2v) is 9.45. The molecule has 6 nitrogen and oxygen atoms in total. The molecule has 156 valence electrons. The van der Waals surface area contributed by atoms with E-state index in [0.29, 0.717) is 13.1 Å². The van der Waals surface area contributed by atoms with Gasteiger partial charge in [0.1, 0.15) is 6.04 Å². The summed E-state index contributed by atoms with van der Waals surface area (Å²) in [5.41, 5.74) is 1.36. The van der Waals surface area contributed by atoms with Gasteiger partial charge in [-0.05, 0) is 33.8 Å². The van der Waals surface area contributed by atoms with Gasteiger partial charge >= 0.3 is 0 Å². The number of amides is 2. The average Bonchev–Trinajstić information content (AvgIpc) is 3.44. The minimum Gasteiger partial charge on any atom is -0.340 e. The van der Waals surface area contributed by atoms with Crippen LogP contribution in [0.5, 0.6) is 0 Å². The van der Waals surface area contributed by atoms with E-state index >= 15 is 0 Å². The molecule has 2 aliphatic rings. The summed E-state index contributed by atoms with van der Waals surface area (Å²) in [6, 6.07) is 6.03. The first-order chi connectivity index (χ1) is 14.1. The Hall–Kier alpha value is -1.74. The zero-order chi connectivity index (χ0) is 20.2. The minimum absolute atomic E-state index is 0.116. The maximum absolute atomic E-state index is 13.5. The summed E-state index contributed by atoms with van der Waals surface area (Å²) in [5, 5.41) is 6.36. The van der Waals surface area contributed by atoms with Gasteiger partial charge in [-0.2, -0.15) is 11.3 Å². The molecular formula is C21H28N4O2S2. The fraction of sp³-hybridized carbons (Fsp3) is 0.524. The van der Waals surface area contributed by atoms with E-state index in [1.807, 2.05) is 21.2 Å². The molecule has 2 amide bonds. The zero-order valence-corrected chi connectivity index (χ0v) is 18.5. The minimum atomic E-state index is -0.229. The van der Waals surface area contributed by atoms with Crippen LogP contribution < -0.4 is 0 Å². The second kappa shape index (κ2) is 9.38. The predicted octanol–water partition coefficient (Wildman–Crippen LogP) is 2.36. The summed E-state index contributed by atoms with van der Waals surface area (Å²) in [4.78, 5) is 34.9. The molecule has 1 atom stereocenters. The monoisotopic (exact) mass is 432 g/mol. The molecule has 2 fully saturated rings. The third-order valence-corrected chi connectivity index (χ3v) is 7.50. The van der Waals surface area contributed by atoms with Crippen molar-refractivity contribution in [3.05, 3.63) is 44.8 Å². The van der Waals surface area contributed by atoms with Crippen molar-refractivity contribution in [2.75, 3.05) is 52.4 Å². The summed E-state index contributed by atoms with van der Waals surface area (Å²) in [7, 11) is 0. The number of hydrogen-bond donors (Lipinski definition) is 0. The highest BCUT2D eigenvalue weighted by Gasteiger charge is 2.35. The molecule has 0 saturated carbocycles. The first-order valence-electron chi connectivity index (χ1n) is 10.2. The molecule has 29 heavy (non-hydrogen) atoms. The molecule has 0 bridgehead atoms. The Bertz CT molecular complexity index is 793. The van der Waals surface area contributed by atoms with Crippen LogP contribution in [0, 0.1) is 0 Å². The standard InChI is InChI=1S/C21H28N4O2S2/c1-17(26)23-9-11-24(12-10-23)20(19-3-2-13-29-19)21(27)25-7-5-22(6-8-25)15-18-4-14-28-16-18/h2-4,13-14,16,20H,5-12,15H2,1H3. The van der Waals surface area contributed by atoms with E-state index in [1.54, 1.807) is 29.6 Å². The van der Waals surface area contributed by atoms with Crippen LogP contribution in [0.3, 0.4) is 0 Å². The third-order valence-electron chi connectivity index (χ3n) is 5.84. The molecule has 2 aromatic heterocycles. The zero-order valence-electron chi connectivity index (χ0n) is 16.8. The maximum Gasteiger partial charge on any atom is 0.245 e. The lowest BCUT2D eigenvalue weighted by Gasteiger charge is -2.41. The lowest BCUT2D eigenvalue weighted by atomic mass is 10.1. The van der Waals surface area contributed by atoms with Crippen LogP contribution in [0.2, 0.25) is 0 Å². The molecule has 0 radical (unpaired) electrons. The molecule has 0 aromatic carbocycles. The largest absolute Gasteiger partial charge is 0.340 e. The summed E-state index contributed by atoms with van der Waals surface area (Å²) in [5.74, 6) is 0.323. The smallest absolute Gasteiger partial charge is 0.245 e. The Kier molecular flexibility index (Phi) is 6.64. The van der Waals surface area contributed by atoms with E-state index in [9.17, 15) is 9.59 Å². The molecule has 2 saturated heterocycles. The van der Waals surface area contributed by atoms with Crippen LogP contribution in [0.25, 0.3) is 0 Å². The van der Waals surface area contributed by atoms with Crippen molar-refractivity contribution in [1.82, 2.24) is 19.6 Å². The van der Waals surface area contributed by atoms with Crippen LogP contribution >= 0.6 is 22.7 Å². The van der Waals surface area contributed by atoms with Crippen LogP contribution in [-0.2, 0) is 16.1 Å². The molecule has 8 heteroatoms. The number of rotatable bonds is 5. The molecule has 4 heterocycles. The SMILES string of the molecule is CC(=O)N1CCN(C(C(=O)N2CCN(Cc3ccsc3)CC2)c2cccs2)CC1. The van der Waals surface area contributed by atoms with Crippen LogP contribution in [0.4, 0.5) is 0 Å². The van der Waals surface area contributed by atoms with Crippen molar-refractivity contribution in [3.63, 3.8) is 0 Å². The predicted molar refractivity (Wildman–Crippen MR) is 117 cm³/mol. The summed E-state index contributed by atoms with van der Waals surface area (Å²) < 4.78 is 0. The Morgan fingerprint density at radius 2 is 1.69 bits per heavy atom. The van der Waals surface area contributed by atoms with Gasteiger partial charge in [-0.15, -0.1) is 11.3 Å². The van der Waals surface area contributed by atoms with Gasteiger partial charge in [0.15, 0.2) is 0 Å². The number of nitrogens with zero attached hydrogens (tertiary/aromatic N) is 4. The van der Waals surface area contributed by atoms with Crippen molar-refractivity contribution < 1.29 is 9.59 Å². The van der Waals surface area contributed by atoms with Gasteiger partial charge in [0.25, 0.3) is 0 Å². The number of piperazine rings is 2. The van der Waals surface area contributed by atoms with Crippen molar-refractivity contribution in [2.24, 2.45) is 0 Å². The lowest BCUT2D eigenvalue weighted by Crippen LogP contribution is -2.55. The molecule has 0 spiro atoms. The van der Waals surface area contributed by atoms with Crippen molar-refractivity contribution in [3.8, 4) is 0 Å². The maximum atomic E-state index is 13.5. The van der Waals surface area contributed by atoms with Gasteiger partial charge in [-0.1, -0.05) is 6.07 Å². The molecule has 4 rings (SSSR count). The van der Waals surface area contributed by atoms with Gasteiger partial charge in [0.2, 0.25) is 11.8 Å². The fourth-order valence-electron chi connectivity index (χ4n) is 4.14. The molecule has 2 aromatic rings. The van der Waals surface area contributed by atoms with Gasteiger partial charge in [-0.3, -0.25) is 19.4 Å². The quantitative estimate of drug-likeness (QED) is 0.728. The summed E-state index contributed by atoms with van der Waals surface area (Å²) in [6.45, 7) is 8.83. The normalized spacial score (nSPS) is 20.0. The Morgan fingerprint density at radius 1 is 0.966 bits per heavy atom. The van der Waals surface area contributed by atoms with Crippen molar-refractivity contribution in [2.45, 2.75) is 19.5 Å². The van der Waals surface area contributed by atoms with E-state index in [1.165, 1.54) is 5.56 Å². The van der Waals surface area contributed by atoms with Gasteiger partial charge in [0, 0.05) is 70.7 Å². The Labute approximate surface area is 180 Å². The summed E-state index contributed by atoms with van der Waals surface area (Å²) >= 11 is 3.38. The number of carbonyl (C=O) groups excluding carboxylic acids is 2. The molecule has 1 unspecified atom stereocenters. The van der Waals surface area contributed by atoms with E-state index in [4.69, 9.17) is 0 Å². The highest BCUT2D eigenvalue weighted by atomic mass is 32.1. The van der Waals surface area contributed by atoms with E-state index in [0.717, 1.165) is 50.7 Å². The first-order valence-corrected chi connectivity index (χ1v) is 12.0. The van der Waals surface area contributed by atoms with Crippen LogP contribution in [0.1, 0.15) is 23.4 Å². The highest BCUT2D eigenvalue weighted by Crippen LogP contribution is 2.29. The number of thiophene rings is 2. The van der Waals surface area contributed by atoms with E-state index < -0.39 is 0 Å². The van der Waals surface area contributed by atoms with Crippen molar-refractivity contribution >= 4 is 34.5 Å². The second-order valence-electron chi connectivity index (χ2n) is 7.69. The van der Waals surface area contributed by atoms with E-state index in [2.05, 4.69) is 32.7 Å². The first kappa shape index (κ1) is 20.5. The number of carbonyl (C=O) groups is 2. The van der Waals surface area contributed by atoms with Gasteiger partial charge in [0.05, 0.1) is 0 Å². The summed E-state index contributed by atoms with van der Waals surface area (Å²) in [6.07, 6.45) is 0. The van der Waals surface area contributed by atoms with Gasteiger partial charge < -0.3 is 9.80 Å². The fourth-order valence-corrected chi connectivity index (χ4v) is 5.65. The highest BCUT2D eigenvalue weighted by molar-refractivity contribution is 7.10. The van der Waals surface area contributed by atoms with Crippen LogP contribution in [-0.4, -0.2) is 83.8 Å². The molecule has 0 N–H and O–H groups in total. The molecular weight excluding hydrogens is 404 g/mol. The number of hydrogen-bond acceptors (Lipinski definition) is 6. The Morgan fingerprint density at radius 3 is 2.28 bits per heavy atom. The third kappa shape index (κ3) is 4.88.